The van der Waals surface area contributed by atoms with E-state index >= 15 is 0 Å². The number of nitrogens with zero attached hydrogens (tertiary/aromatic N) is 1. The minimum absolute atomic E-state index is 0.0296. The average Bonchev–Trinajstić information content (AvgIpc) is 2.55. The molecule has 0 radical (unpaired) electrons. The summed E-state index contributed by atoms with van der Waals surface area (Å²) in [6, 6.07) is 3.92. The van der Waals surface area contributed by atoms with Gasteiger partial charge < -0.3 is 19.7 Å². The molecule has 1 atom stereocenters. The molecule has 1 aliphatic rings. The number of carbonyl (C=O) groups excluding carboxylic acids is 1. The van der Waals surface area contributed by atoms with E-state index in [0.717, 1.165) is 30.4 Å². The van der Waals surface area contributed by atoms with Gasteiger partial charge in [0.1, 0.15) is 0 Å². The summed E-state index contributed by atoms with van der Waals surface area (Å²) in [6.07, 6.45) is 2.13. The zero-order valence-electron chi connectivity index (χ0n) is 13.3. The Bertz CT molecular complexity index is 536. The number of piperidine rings is 1. The maximum absolute atomic E-state index is 12.7. The molecular formula is C16H23BrN2O3. The number of halogens is 1. The number of likely N-dealkylation sites (N-methyl/N-ethyl adjacent to an activating group) is 1. The van der Waals surface area contributed by atoms with Crippen LogP contribution in [0.3, 0.4) is 0 Å². The Balaban J connectivity index is 2.24. The molecule has 0 saturated carbocycles. The zero-order valence-corrected chi connectivity index (χ0v) is 14.9. The highest BCUT2D eigenvalue weighted by Gasteiger charge is 2.25. The number of likely N-dealkylation sites (tertiary alicyclic amines) is 1. The Morgan fingerprint density at radius 1 is 1.50 bits per heavy atom. The average molecular weight is 371 g/mol. The van der Waals surface area contributed by atoms with Crippen molar-refractivity contribution >= 4 is 21.8 Å². The van der Waals surface area contributed by atoms with Gasteiger partial charge in [0.2, 0.25) is 0 Å². The van der Waals surface area contributed by atoms with Crippen LogP contribution in [0, 0.1) is 0 Å². The fourth-order valence-electron chi connectivity index (χ4n) is 2.71. The molecule has 0 spiro atoms. The van der Waals surface area contributed by atoms with Gasteiger partial charge >= 0.3 is 0 Å². The first-order valence-corrected chi connectivity index (χ1v) is 8.36. The summed E-state index contributed by atoms with van der Waals surface area (Å²) in [7, 11) is 3.52. The van der Waals surface area contributed by atoms with E-state index in [-0.39, 0.29) is 5.91 Å². The normalized spacial score (nSPS) is 18.2. The van der Waals surface area contributed by atoms with Crippen LogP contribution in [0.2, 0.25) is 0 Å². The second-order valence-electron chi connectivity index (χ2n) is 5.30. The van der Waals surface area contributed by atoms with E-state index in [1.807, 2.05) is 18.9 Å². The van der Waals surface area contributed by atoms with E-state index in [1.54, 1.807) is 19.2 Å². The van der Waals surface area contributed by atoms with Crippen molar-refractivity contribution in [3.63, 3.8) is 0 Å². The summed E-state index contributed by atoms with van der Waals surface area (Å²) in [4.78, 5) is 14.6. The second kappa shape index (κ2) is 7.83. The number of methoxy groups -OCH3 is 1. The third kappa shape index (κ3) is 3.73. The Morgan fingerprint density at radius 2 is 2.27 bits per heavy atom. The van der Waals surface area contributed by atoms with Gasteiger partial charge in [-0.1, -0.05) is 0 Å². The molecule has 5 nitrogen and oxygen atoms in total. The number of ether oxygens (including phenoxy) is 2. The quantitative estimate of drug-likeness (QED) is 0.865. The van der Waals surface area contributed by atoms with E-state index in [9.17, 15) is 4.79 Å². The monoisotopic (exact) mass is 370 g/mol. The number of rotatable bonds is 5. The highest BCUT2D eigenvalue weighted by Crippen LogP contribution is 2.37. The van der Waals surface area contributed by atoms with E-state index in [2.05, 4.69) is 21.2 Å². The van der Waals surface area contributed by atoms with Gasteiger partial charge in [-0.15, -0.1) is 0 Å². The van der Waals surface area contributed by atoms with Crippen LogP contribution in [0.15, 0.2) is 16.6 Å². The first kappa shape index (κ1) is 17.1. The number of nitrogens with one attached hydrogen (secondary N) is 1. The lowest BCUT2D eigenvalue weighted by molar-refractivity contribution is 0.0697. The van der Waals surface area contributed by atoms with Crippen molar-refractivity contribution < 1.29 is 14.3 Å². The van der Waals surface area contributed by atoms with Gasteiger partial charge in [-0.05, 0) is 54.9 Å². The van der Waals surface area contributed by atoms with E-state index in [4.69, 9.17) is 9.47 Å². The van der Waals surface area contributed by atoms with E-state index in [0.29, 0.717) is 29.7 Å². The molecule has 1 amide bonds. The van der Waals surface area contributed by atoms with E-state index in [1.165, 1.54) is 0 Å². The maximum Gasteiger partial charge on any atom is 0.254 e. The van der Waals surface area contributed by atoms with Crippen molar-refractivity contribution in [2.45, 2.75) is 25.8 Å². The Morgan fingerprint density at radius 3 is 2.91 bits per heavy atom. The molecule has 1 fully saturated rings. The number of carbonyl (C=O) groups is 1. The molecule has 1 aromatic carbocycles. The van der Waals surface area contributed by atoms with Gasteiger partial charge in [-0.25, -0.2) is 0 Å². The molecule has 1 saturated heterocycles. The number of benzene rings is 1. The van der Waals surface area contributed by atoms with Gasteiger partial charge in [-0.2, -0.15) is 0 Å². The van der Waals surface area contributed by atoms with Crippen molar-refractivity contribution in [3.05, 3.63) is 22.2 Å². The van der Waals surface area contributed by atoms with Crippen LogP contribution >= 0.6 is 15.9 Å². The van der Waals surface area contributed by atoms with Crippen LogP contribution in [0.1, 0.15) is 30.1 Å². The molecule has 2 rings (SSSR count). The van der Waals surface area contributed by atoms with Crippen molar-refractivity contribution in [3.8, 4) is 11.5 Å². The standard InChI is InChI=1S/C16H23BrN2O3/c1-4-22-15-13(17)8-11(9-14(15)21-3)16(20)19-7-5-6-12(10-19)18-2/h8-9,12,18H,4-7,10H2,1-3H3. The van der Waals surface area contributed by atoms with Gasteiger partial charge in [0.05, 0.1) is 18.2 Å². The zero-order chi connectivity index (χ0) is 16.1. The third-order valence-electron chi connectivity index (χ3n) is 3.88. The summed E-state index contributed by atoms with van der Waals surface area (Å²) in [5, 5.41) is 3.25. The predicted molar refractivity (Wildman–Crippen MR) is 89.8 cm³/mol. The lowest BCUT2D eigenvalue weighted by Gasteiger charge is -2.32. The highest BCUT2D eigenvalue weighted by molar-refractivity contribution is 9.10. The molecule has 1 aromatic rings. The Kier molecular flexibility index (Phi) is 6.08. The summed E-state index contributed by atoms with van der Waals surface area (Å²) < 4.78 is 11.7. The first-order valence-electron chi connectivity index (χ1n) is 7.57. The second-order valence-corrected chi connectivity index (χ2v) is 6.16. The number of hydrogen-bond acceptors (Lipinski definition) is 4. The van der Waals surface area contributed by atoms with Gasteiger partial charge in [-0.3, -0.25) is 4.79 Å². The number of hydrogen-bond donors (Lipinski definition) is 1. The Labute approximate surface area is 140 Å². The molecule has 0 aliphatic carbocycles. The fourth-order valence-corrected chi connectivity index (χ4v) is 3.26. The van der Waals surface area contributed by atoms with Crippen LogP contribution < -0.4 is 14.8 Å². The molecule has 22 heavy (non-hydrogen) atoms. The summed E-state index contributed by atoms with van der Waals surface area (Å²) in [5.74, 6) is 1.23. The van der Waals surface area contributed by atoms with Gasteiger partial charge in [0.15, 0.2) is 11.5 Å². The van der Waals surface area contributed by atoms with Crippen LogP contribution in [0.4, 0.5) is 0 Å². The van der Waals surface area contributed by atoms with Crippen molar-refractivity contribution in [1.82, 2.24) is 10.2 Å². The molecule has 6 heteroatoms. The lowest BCUT2D eigenvalue weighted by Crippen LogP contribution is -2.46. The van der Waals surface area contributed by atoms with Crippen molar-refractivity contribution in [2.75, 3.05) is 33.9 Å². The Hall–Kier alpha value is -1.27. The number of amides is 1. The SMILES string of the molecule is CCOc1c(Br)cc(C(=O)N2CCCC(NC)C2)cc1OC. The van der Waals surface area contributed by atoms with Crippen molar-refractivity contribution in [1.29, 1.82) is 0 Å². The fraction of sp³-hybridized carbons (Fsp3) is 0.562. The topological polar surface area (TPSA) is 50.8 Å². The highest BCUT2D eigenvalue weighted by atomic mass is 79.9. The molecule has 1 unspecified atom stereocenters. The molecule has 122 valence electrons. The predicted octanol–water partition coefficient (Wildman–Crippen LogP) is 2.68. The first-order chi connectivity index (χ1) is 10.6. The molecule has 0 aromatic heterocycles. The summed E-state index contributed by atoms with van der Waals surface area (Å²) in [5.41, 5.74) is 0.615. The van der Waals surface area contributed by atoms with Gasteiger partial charge in [0.25, 0.3) is 5.91 Å². The summed E-state index contributed by atoms with van der Waals surface area (Å²) in [6.45, 7) is 3.99. The van der Waals surface area contributed by atoms with Crippen LogP contribution in [-0.2, 0) is 0 Å². The minimum atomic E-state index is 0.0296. The van der Waals surface area contributed by atoms with Crippen LogP contribution in [0.25, 0.3) is 0 Å². The minimum Gasteiger partial charge on any atom is -0.493 e. The smallest absolute Gasteiger partial charge is 0.254 e. The molecule has 1 heterocycles. The maximum atomic E-state index is 12.7. The molecule has 1 N–H and O–H groups in total. The summed E-state index contributed by atoms with van der Waals surface area (Å²) >= 11 is 3.47. The van der Waals surface area contributed by atoms with Crippen LogP contribution in [-0.4, -0.2) is 50.7 Å². The van der Waals surface area contributed by atoms with E-state index < -0.39 is 0 Å². The van der Waals surface area contributed by atoms with Gasteiger partial charge in [0, 0.05) is 24.7 Å². The molecule has 0 bridgehead atoms. The van der Waals surface area contributed by atoms with Crippen molar-refractivity contribution in [2.24, 2.45) is 0 Å². The third-order valence-corrected chi connectivity index (χ3v) is 4.47. The molecule has 1 aliphatic heterocycles. The molecular weight excluding hydrogens is 348 g/mol. The largest absolute Gasteiger partial charge is 0.493 e. The van der Waals surface area contributed by atoms with Crippen LogP contribution in [0.5, 0.6) is 11.5 Å². The lowest BCUT2D eigenvalue weighted by atomic mass is 10.0.